The highest BCUT2D eigenvalue weighted by atomic mass is 16.5. The largest absolute Gasteiger partial charge is 0.457 e. The minimum atomic E-state index is -0.517. The summed E-state index contributed by atoms with van der Waals surface area (Å²) in [6, 6.07) is 31.7. The highest BCUT2D eigenvalue weighted by Gasteiger charge is 2.34. The fraction of sp³-hybridized carbons (Fsp3) is 0.237. The molecule has 3 amide bonds. The summed E-state index contributed by atoms with van der Waals surface area (Å²) < 4.78 is 6.04. The number of amides is 3. The first-order valence-electron chi connectivity index (χ1n) is 15.9. The van der Waals surface area contributed by atoms with Gasteiger partial charge in [-0.15, -0.1) is 0 Å². The number of hydrogen-bond acceptors (Lipinski definition) is 5. The lowest BCUT2D eigenvalue weighted by Crippen LogP contribution is -2.43. The number of ether oxygens (including phenoxy) is 1. The third-order valence-corrected chi connectivity index (χ3v) is 8.36. The summed E-state index contributed by atoms with van der Waals surface area (Å²) in [5, 5.41) is 9.18. The van der Waals surface area contributed by atoms with Gasteiger partial charge in [-0.25, -0.2) is 0 Å². The maximum absolute atomic E-state index is 13.4. The van der Waals surface area contributed by atoms with Crippen LogP contribution in [0, 0.1) is 0 Å². The molecule has 0 spiro atoms. The van der Waals surface area contributed by atoms with Crippen molar-refractivity contribution >= 4 is 41.2 Å². The lowest BCUT2D eigenvalue weighted by molar-refractivity contribution is -0.136. The van der Waals surface area contributed by atoms with E-state index in [0.29, 0.717) is 30.2 Å². The summed E-state index contributed by atoms with van der Waals surface area (Å²) in [6.07, 6.45) is 7.46. The summed E-state index contributed by atoms with van der Waals surface area (Å²) in [5.41, 5.74) is 4.23. The molecule has 4 aromatic rings. The first-order valence-corrected chi connectivity index (χ1v) is 15.9. The van der Waals surface area contributed by atoms with E-state index in [2.05, 4.69) is 16.0 Å². The van der Waals surface area contributed by atoms with Crippen molar-refractivity contribution in [1.82, 2.24) is 10.2 Å². The topological polar surface area (TPSA) is 99.8 Å². The molecule has 0 aliphatic carbocycles. The van der Waals surface area contributed by atoms with Gasteiger partial charge < -0.3 is 25.6 Å². The van der Waals surface area contributed by atoms with Crippen molar-refractivity contribution < 1.29 is 19.1 Å². The molecule has 0 saturated carbocycles. The number of nitrogens with zero attached hydrogens (tertiary/aromatic N) is 1. The van der Waals surface area contributed by atoms with Crippen LogP contribution in [0.15, 0.2) is 103 Å². The van der Waals surface area contributed by atoms with E-state index in [4.69, 9.17) is 4.74 Å². The minimum absolute atomic E-state index is 0.00983. The Kier molecular flexibility index (Phi) is 9.85. The van der Waals surface area contributed by atoms with Gasteiger partial charge in [-0.1, -0.05) is 72.8 Å². The molecule has 234 valence electrons. The molecule has 8 nitrogen and oxygen atoms in total. The molecule has 2 aliphatic heterocycles. The maximum Gasteiger partial charge on any atom is 0.247 e. The highest BCUT2D eigenvalue weighted by molar-refractivity contribution is 5.98. The first kappa shape index (κ1) is 30.8. The maximum atomic E-state index is 13.4. The Bertz CT molecular complexity index is 1680. The van der Waals surface area contributed by atoms with Crippen molar-refractivity contribution in [2.45, 2.75) is 44.2 Å². The predicted molar refractivity (Wildman–Crippen MR) is 181 cm³/mol. The van der Waals surface area contributed by atoms with Gasteiger partial charge in [0.1, 0.15) is 17.5 Å². The molecule has 0 bridgehead atoms. The standard InChI is InChI=1S/C38H38N4O4/c43-36(26-29-8-4-5-13-35(29)46-32-9-2-1-3-10-32)42-25-7-12-34(42)38(45)41-31-22-18-28(19-23-31)15-14-27-16-20-30(21-17-27)40-37(44)33-11-6-24-39-33/h1-5,8-10,13-23,33-34,39H,6-7,11-12,24-26H2,(H,40,44)(H,41,45)/b15-14+/t33-,34-/m0/s1. The summed E-state index contributed by atoms with van der Waals surface area (Å²) >= 11 is 0. The van der Waals surface area contributed by atoms with E-state index in [9.17, 15) is 14.4 Å². The number of benzene rings is 4. The molecule has 46 heavy (non-hydrogen) atoms. The van der Waals surface area contributed by atoms with Crippen molar-refractivity contribution in [2.24, 2.45) is 0 Å². The summed E-state index contributed by atoms with van der Waals surface area (Å²) in [6.45, 7) is 1.44. The van der Waals surface area contributed by atoms with Gasteiger partial charge in [0.25, 0.3) is 0 Å². The van der Waals surface area contributed by atoms with Gasteiger partial charge >= 0.3 is 0 Å². The van der Waals surface area contributed by atoms with Crippen LogP contribution >= 0.6 is 0 Å². The molecule has 2 fully saturated rings. The van der Waals surface area contributed by atoms with E-state index in [1.54, 1.807) is 4.90 Å². The highest BCUT2D eigenvalue weighted by Crippen LogP contribution is 2.27. The number of rotatable bonds is 10. The van der Waals surface area contributed by atoms with Crippen LogP contribution in [0.4, 0.5) is 11.4 Å². The Morgan fingerprint density at radius 3 is 2.02 bits per heavy atom. The van der Waals surface area contributed by atoms with Gasteiger partial charge in [0.05, 0.1) is 12.5 Å². The van der Waals surface area contributed by atoms with E-state index < -0.39 is 6.04 Å². The van der Waals surface area contributed by atoms with Crippen LogP contribution < -0.4 is 20.7 Å². The number of para-hydroxylation sites is 2. The van der Waals surface area contributed by atoms with Crippen molar-refractivity contribution in [3.05, 3.63) is 120 Å². The lowest BCUT2D eigenvalue weighted by Gasteiger charge is -2.24. The van der Waals surface area contributed by atoms with Crippen LogP contribution in [-0.2, 0) is 20.8 Å². The normalized spacial score (nSPS) is 17.6. The molecule has 6 rings (SSSR count). The van der Waals surface area contributed by atoms with Crippen LogP contribution in [0.5, 0.6) is 11.5 Å². The molecule has 2 heterocycles. The van der Waals surface area contributed by atoms with Crippen LogP contribution in [0.3, 0.4) is 0 Å². The second-order valence-electron chi connectivity index (χ2n) is 11.6. The number of carbonyl (C=O) groups excluding carboxylic acids is 3. The van der Waals surface area contributed by atoms with Crippen molar-refractivity contribution in [3.63, 3.8) is 0 Å². The van der Waals surface area contributed by atoms with Crippen LogP contribution in [0.2, 0.25) is 0 Å². The first-order chi connectivity index (χ1) is 22.5. The number of hydrogen-bond donors (Lipinski definition) is 3. The Hall–Kier alpha value is -5.21. The molecule has 0 radical (unpaired) electrons. The molecule has 8 heteroatoms. The Balaban J connectivity index is 1.02. The molecule has 3 N–H and O–H groups in total. The van der Waals surface area contributed by atoms with Gasteiger partial charge in [0.15, 0.2) is 0 Å². The van der Waals surface area contributed by atoms with Crippen molar-refractivity contribution in [1.29, 1.82) is 0 Å². The number of anilines is 2. The van der Waals surface area contributed by atoms with Gasteiger partial charge in [0.2, 0.25) is 17.7 Å². The van der Waals surface area contributed by atoms with E-state index in [1.807, 2.05) is 115 Å². The smallest absolute Gasteiger partial charge is 0.247 e. The van der Waals surface area contributed by atoms with Crippen LogP contribution in [-0.4, -0.2) is 47.8 Å². The average molecular weight is 615 g/mol. The van der Waals surface area contributed by atoms with Gasteiger partial charge in [-0.2, -0.15) is 0 Å². The zero-order chi connectivity index (χ0) is 31.7. The molecular weight excluding hydrogens is 576 g/mol. The second kappa shape index (κ2) is 14.7. The zero-order valence-electron chi connectivity index (χ0n) is 25.7. The SMILES string of the molecule is O=C(Nc1ccc(/C=C/c2ccc(NC(=O)[C@@H]3CCCN3C(=O)Cc3ccccc3Oc3ccccc3)cc2)cc1)[C@@H]1CCCN1. The Morgan fingerprint density at radius 1 is 0.739 bits per heavy atom. The number of nitrogens with one attached hydrogen (secondary N) is 3. The quantitative estimate of drug-likeness (QED) is 0.177. The zero-order valence-corrected chi connectivity index (χ0v) is 25.7. The molecular formula is C38H38N4O4. The fourth-order valence-electron chi connectivity index (χ4n) is 5.88. The van der Waals surface area contributed by atoms with Crippen molar-refractivity contribution in [3.8, 4) is 11.5 Å². The Labute approximate surface area is 269 Å². The predicted octanol–water partition coefficient (Wildman–Crippen LogP) is 6.51. The summed E-state index contributed by atoms with van der Waals surface area (Å²) in [4.78, 5) is 40.7. The van der Waals surface area contributed by atoms with Gasteiger partial charge in [-0.3, -0.25) is 14.4 Å². The molecule has 2 aliphatic rings. The summed E-state index contributed by atoms with van der Waals surface area (Å²) in [5.74, 6) is 1.07. The molecule has 0 aromatic heterocycles. The van der Waals surface area contributed by atoms with E-state index >= 15 is 0 Å². The molecule has 4 aromatic carbocycles. The third kappa shape index (κ3) is 7.89. The van der Waals surface area contributed by atoms with Gasteiger partial charge in [-0.05, 0) is 85.8 Å². The second-order valence-corrected chi connectivity index (χ2v) is 11.6. The van der Waals surface area contributed by atoms with E-state index in [1.165, 1.54) is 0 Å². The molecule has 0 unspecified atom stereocenters. The third-order valence-electron chi connectivity index (χ3n) is 8.36. The Morgan fingerprint density at radius 2 is 1.37 bits per heavy atom. The average Bonchev–Trinajstić information content (AvgIpc) is 3.80. The van der Waals surface area contributed by atoms with Crippen molar-refractivity contribution in [2.75, 3.05) is 23.7 Å². The lowest BCUT2D eigenvalue weighted by atomic mass is 10.1. The number of likely N-dealkylation sites (tertiary alicyclic amines) is 1. The minimum Gasteiger partial charge on any atom is -0.457 e. The fourth-order valence-corrected chi connectivity index (χ4v) is 5.88. The van der Waals surface area contributed by atoms with E-state index in [0.717, 1.165) is 48.2 Å². The van der Waals surface area contributed by atoms with Crippen LogP contribution in [0.1, 0.15) is 42.4 Å². The van der Waals surface area contributed by atoms with Gasteiger partial charge in [0, 0.05) is 23.5 Å². The monoisotopic (exact) mass is 614 g/mol. The molecule has 2 saturated heterocycles. The van der Waals surface area contributed by atoms with Crippen LogP contribution in [0.25, 0.3) is 12.2 Å². The summed E-state index contributed by atoms with van der Waals surface area (Å²) in [7, 11) is 0. The molecule has 2 atom stereocenters. The van der Waals surface area contributed by atoms with E-state index in [-0.39, 0.29) is 30.2 Å². The number of carbonyl (C=O) groups is 3.